The third-order valence-corrected chi connectivity index (χ3v) is 2.37. The summed E-state index contributed by atoms with van der Waals surface area (Å²) in [4.78, 5) is 11.1. The predicted octanol–water partition coefficient (Wildman–Crippen LogP) is 0.935. The van der Waals surface area contributed by atoms with E-state index in [1.54, 1.807) is 24.3 Å². The SMILES string of the molecule is COc1cc(NC(=S)NNC(=O)CC#N)cc(OC)c1. The number of nitrogens with zero attached hydrogens (tertiary/aromatic N) is 1. The van der Waals surface area contributed by atoms with Crippen molar-refractivity contribution in [2.75, 3.05) is 19.5 Å². The number of carbonyl (C=O) groups excluding carboxylic acids is 1. The van der Waals surface area contributed by atoms with Crippen LogP contribution in [-0.4, -0.2) is 25.2 Å². The molecule has 7 nitrogen and oxygen atoms in total. The Balaban J connectivity index is 2.61. The van der Waals surface area contributed by atoms with Gasteiger partial charge in [0.25, 0.3) is 5.91 Å². The van der Waals surface area contributed by atoms with Gasteiger partial charge in [0.15, 0.2) is 5.11 Å². The van der Waals surface area contributed by atoms with Crippen LogP contribution < -0.4 is 25.6 Å². The monoisotopic (exact) mass is 294 g/mol. The molecule has 0 aromatic heterocycles. The largest absolute Gasteiger partial charge is 0.497 e. The summed E-state index contributed by atoms with van der Waals surface area (Å²) in [6, 6.07) is 6.87. The molecule has 0 aliphatic rings. The van der Waals surface area contributed by atoms with Gasteiger partial charge in [-0.05, 0) is 12.2 Å². The molecule has 20 heavy (non-hydrogen) atoms. The molecule has 1 aromatic carbocycles. The first-order valence-corrected chi connectivity index (χ1v) is 5.95. The maximum absolute atomic E-state index is 11.1. The fourth-order valence-electron chi connectivity index (χ4n) is 1.28. The van der Waals surface area contributed by atoms with E-state index < -0.39 is 5.91 Å². The summed E-state index contributed by atoms with van der Waals surface area (Å²) in [5.41, 5.74) is 5.39. The molecule has 0 spiro atoms. The molecule has 1 amide bonds. The van der Waals surface area contributed by atoms with E-state index in [4.69, 9.17) is 27.0 Å². The molecule has 1 aromatic rings. The number of hydrazine groups is 1. The number of methoxy groups -OCH3 is 2. The molecular formula is C12H14N4O3S. The third kappa shape index (κ3) is 4.99. The van der Waals surface area contributed by atoms with Crippen molar-refractivity contribution in [3.05, 3.63) is 18.2 Å². The second-order valence-electron chi connectivity index (χ2n) is 3.56. The Morgan fingerprint density at radius 2 is 1.85 bits per heavy atom. The Labute approximate surface area is 121 Å². The molecule has 106 valence electrons. The Morgan fingerprint density at radius 3 is 2.35 bits per heavy atom. The number of carbonyl (C=O) groups is 1. The van der Waals surface area contributed by atoms with Crippen molar-refractivity contribution in [3.63, 3.8) is 0 Å². The number of hydrogen-bond donors (Lipinski definition) is 3. The van der Waals surface area contributed by atoms with Gasteiger partial charge in [0, 0.05) is 23.9 Å². The standard InChI is InChI=1S/C12H14N4O3S/c1-18-9-5-8(6-10(7-9)19-2)14-12(20)16-15-11(17)3-4-13/h5-7H,3H2,1-2H3,(H,15,17)(H2,14,16,20). The number of hydrogen-bond acceptors (Lipinski definition) is 5. The zero-order valence-corrected chi connectivity index (χ0v) is 11.8. The second kappa shape index (κ2) is 7.81. The lowest BCUT2D eigenvalue weighted by Crippen LogP contribution is -2.43. The zero-order valence-electron chi connectivity index (χ0n) is 11.0. The molecule has 0 aliphatic carbocycles. The van der Waals surface area contributed by atoms with Gasteiger partial charge >= 0.3 is 0 Å². The highest BCUT2D eigenvalue weighted by Gasteiger charge is 2.05. The maximum atomic E-state index is 11.1. The number of benzene rings is 1. The Morgan fingerprint density at radius 1 is 1.25 bits per heavy atom. The van der Waals surface area contributed by atoms with Crippen LogP contribution in [0.15, 0.2) is 18.2 Å². The summed E-state index contributed by atoms with van der Waals surface area (Å²) in [5, 5.41) is 11.4. The molecular weight excluding hydrogens is 280 g/mol. The number of amides is 1. The molecule has 1 rings (SSSR count). The molecule has 0 fully saturated rings. The van der Waals surface area contributed by atoms with Crippen LogP contribution in [0, 0.1) is 11.3 Å². The van der Waals surface area contributed by atoms with Crippen molar-refractivity contribution in [1.29, 1.82) is 5.26 Å². The van der Waals surface area contributed by atoms with E-state index in [2.05, 4.69) is 16.2 Å². The van der Waals surface area contributed by atoms with Crippen LogP contribution in [-0.2, 0) is 4.79 Å². The summed E-state index contributed by atoms with van der Waals surface area (Å²) in [6.07, 6.45) is -0.247. The van der Waals surface area contributed by atoms with Crippen LogP contribution >= 0.6 is 12.2 Å². The van der Waals surface area contributed by atoms with Crippen molar-refractivity contribution in [2.45, 2.75) is 6.42 Å². The number of anilines is 1. The van der Waals surface area contributed by atoms with Crippen LogP contribution in [0.4, 0.5) is 5.69 Å². The fraction of sp³-hybridized carbons (Fsp3) is 0.250. The van der Waals surface area contributed by atoms with E-state index in [0.717, 1.165) is 0 Å². The molecule has 3 N–H and O–H groups in total. The van der Waals surface area contributed by atoms with Crippen LogP contribution in [0.1, 0.15) is 6.42 Å². The molecule has 0 heterocycles. The molecule has 0 atom stereocenters. The topological polar surface area (TPSA) is 95.4 Å². The van der Waals surface area contributed by atoms with Crippen LogP contribution in [0.25, 0.3) is 0 Å². The van der Waals surface area contributed by atoms with Crippen molar-refractivity contribution in [2.24, 2.45) is 0 Å². The van der Waals surface area contributed by atoms with Gasteiger partial charge in [-0.3, -0.25) is 15.6 Å². The van der Waals surface area contributed by atoms with Crippen LogP contribution in [0.2, 0.25) is 0 Å². The van der Waals surface area contributed by atoms with Gasteiger partial charge in [-0.1, -0.05) is 0 Å². The third-order valence-electron chi connectivity index (χ3n) is 2.16. The normalized spacial score (nSPS) is 9.05. The summed E-state index contributed by atoms with van der Waals surface area (Å²) in [7, 11) is 3.08. The van der Waals surface area contributed by atoms with Crippen molar-refractivity contribution in [3.8, 4) is 17.6 Å². The van der Waals surface area contributed by atoms with E-state index in [1.807, 2.05) is 0 Å². The lowest BCUT2D eigenvalue weighted by Gasteiger charge is -2.13. The Bertz CT molecular complexity index is 520. The summed E-state index contributed by atoms with van der Waals surface area (Å²) >= 11 is 5.00. The van der Waals surface area contributed by atoms with Crippen molar-refractivity contribution < 1.29 is 14.3 Å². The van der Waals surface area contributed by atoms with Gasteiger partial charge in [-0.25, -0.2) is 0 Å². The maximum Gasteiger partial charge on any atom is 0.252 e. The molecule has 0 saturated carbocycles. The van der Waals surface area contributed by atoms with E-state index in [9.17, 15) is 4.79 Å². The highest BCUT2D eigenvalue weighted by atomic mass is 32.1. The first kappa shape index (κ1) is 15.5. The van der Waals surface area contributed by atoms with E-state index >= 15 is 0 Å². The van der Waals surface area contributed by atoms with Crippen molar-refractivity contribution >= 4 is 28.9 Å². The predicted molar refractivity (Wildman–Crippen MR) is 77.3 cm³/mol. The van der Waals surface area contributed by atoms with Crippen LogP contribution in [0.3, 0.4) is 0 Å². The van der Waals surface area contributed by atoms with E-state index in [1.165, 1.54) is 14.2 Å². The number of thiocarbonyl (C=S) groups is 1. The second-order valence-corrected chi connectivity index (χ2v) is 3.97. The molecule has 8 heteroatoms. The number of nitriles is 1. The van der Waals surface area contributed by atoms with Gasteiger partial charge in [0.2, 0.25) is 0 Å². The quantitative estimate of drug-likeness (QED) is 0.561. The van der Waals surface area contributed by atoms with Gasteiger partial charge in [0.05, 0.1) is 20.3 Å². The molecule has 0 radical (unpaired) electrons. The molecule has 0 unspecified atom stereocenters. The minimum Gasteiger partial charge on any atom is -0.497 e. The number of ether oxygens (including phenoxy) is 2. The van der Waals surface area contributed by atoms with Gasteiger partial charge in [-0.15, -0.1) is 0 Å². The fourth-order valence-corrected chi connectivity index (χ4v) is 1.45. The van der Waals surface area contributed by atoms with Crippen molar-refractivity contribution in [1.82, 2.24) is 10.9 Å². The average molecular weight is 294 g/mol. The first-order valence-electron chi connectivity index (χ1n) is 5.55. The van der Waals surface area contributed by atoms with E-state index in [0.29, 0.717) is 17.2 Å². The van der Waals surface area contributed by atoms with Gasteiger partial charge in [0.1, 0.15) is 17.9 Å². The Kier molecular flexibility index (Phi) is 6.06. The molecule has 0 saturated heterocycles. The Hall–Kier alpha value is -2.53. The highest BCUT2D eigenvalue weighted by Crippen LogP contribution is 2.25. The number of nitrogens with one attached hydrogen (secondary N) is 3. The highest BCUT2D eigenvalue weighted by molar-refractivity contribution is 7.80. The average Bonchev–Trinajstić information content (AvgIpc) is 2.45. The van der Waals surface area contributed by atoms with E-state index in [-0.39, 0.29) is 11.5 Å². The smallest absolute Gasteiger partial charge is 0.252 e. The van der Waals surface area contributed by atoms with Crippen LogP contribution in [0.5, 0.6) is 11.5 Å². The summed E-state index contributed by atoms with van der Waals surface area (Å²) in [6.45, 7) is 0. The minimum absolute atomic E-state index is 0.173. The minimum atomic E-state index is -0.472. The molecule has 0 aliphatic heterocycles. The lowest BCUT2D eigenvalue weighted by atomic mass is 10.3. The zero-order chi connectivity index (χ0) is 15.0. The summed E-state index contributed by atoms with van der Waals surface area (Å²) < 4.78 is 10.2. The van der Waals surface area contributed by atoms with Gasteiger partial charge in [-0.2, -0.15) is 5.26 Å². The first-order chi connectivity index (χ1) is 9.58. The molecule has 0 bridgehead atoms. The van der Waals surface area contributed by atoms with Gasteiger partial charge < -0.3 is 14.8 Å². The lowest BCUT2D eigenvalue weighted by molar-refractivity contribution is -0.120. The number of rotatable bonds is 4. The summed E-state index contributed by atoms with van der Waals surface area (Å²) in [5.74, 6) is 0.728.